The molecule has 150 valence electrons. The lowest BCUT2D eigenvalue weighted by atomic mass is 10.0. The van der Waals surface area contributed by atoms with Crippen molar-refractivity contribution in [2.75, 3.05) is 20.3 Å². The van der Waals surface area contributed by atoms with E-state index < -0.39 is 6.10 Å². The molecule has 0 aromatic heterocycles. The lowest BCUT2D eigenvalue weighted by Crippen LogP contribution is -2.37. The highest BCUT2D eigenvalue weighted by Gasteiger charge is 2.09. The van der Waals surface area contributed by atoms with Crippen molar-refractivity contribution in [2.24, 2.45) is 0 Å². The van der Waals surface area contributed by atoms with Crippen LogP contribution in [0.3, 0.4) is 0 Å². The molecule has 2 atom stereocenters. The molecule has 0 spiro atoms. The van der Waals surface area contributed by atoms with E-state index in [4.69, 9.17) is 4.74 Å². The highest BCUT2D eigenvalue weighted by molar-refractivity contribution is 5.90. The number of carbonyl (C=O) groups excluding carboxylic acids is 1. The minimum absolute atomic E-state index is 0.212. The summed E-state index contributed by atoms with van der Waals surface area (Å²) in [7, 11) is 1.37. The predicted octanol–water partition coefficient (Wildman–Crippen LogP) is 3.22. The van der Waals surface area contributed by atoms with Gasteiger partial charge in [0.1, 0.15) is 18.5 Å². The van der Waals surface area contributed by atoms with Crippen LogP contribution in [0.1, 0.15) is 25.0 Å². The molecule has 0 heterocycles. The van der Waals surface area contributed by atoms with Gasteiger partial charge in [-0.1, -0.05) is 42.5 Å². The number of aliphatic hydroxyl groups is 1. The van der Waals surface area contributed by atoms with Crippen molar-refractivity contribution in [2.45, 2.75) is 32.4 Å². The molecule has 2 aromatic rings. The van der Waals surface area contributed by atoms with E-state index in [0.29, 0.717) is 6.54 Å². The summed E-state index contributed by atoms with van der Waals surface area (Å²) >= 11 is 0. The van der Waals surface area contributed by atoms with Crippen LogP contribution in [0.25, 0.3) is 5.57 Å². The van der Waals surface area contributed by atoms with Gasteiger partial charge < -0.3 is 19.9 Å². The van der Waals surface area contributed by atoms with Gasteiger partial charge in [0, 0.05) is 18.7 Å². The van der Waals surface area contributed by atoms with Crippen LogP contribution in [0.5, 0.6) is 5.75 Å². The fourth-order valence-electron chi connectivity index (χ4n) is 2.75. The van der Waals surface area contributed by atoms with Gasteiger partial charge >= 0.3 is 5.97 Å². The first kappa shape index (κ1) is 21.7. The van der Waals surface area contributed by atoms with Gasteiger partial charge in [-0.3, -0.25) is 0 Å². The number of ether oxygens (including phenoxy) is 2. The second kappa shape index (κ2) is 11.3. The zero-order valence-electron chi connectivity index (χ0n) is 16.7. The molecule has 0 saturated carbocycles. The molecule has 2 aromatic carbocycles. The van der Waals surface area contributed by atoms with E-state index >= 15 is 0 Å². The van der Waals surface area contributed by atoms with E-state index in [-0.39, 0.29) is 18.6 Å². The Hall–Kier alpha value is -2.63. The van der Waals surface area contributed by atoms with Crippen molar-refractivity contribution in [3.63, 3.8) is 0 Å². The fourth-order valence-corrected chi connectivity index (χ4v) is 2.75. The smallest absolute Gasteiger partial charge is 0.330 e. The van der Waals surface area contributed by atoms with E-state index in [0.717, 1.165) is 23.3 Å². The molecular weight excluding hydrogens is 354 g/mol. The molecule has 0 fully saturated rings. The van der Waals surface area contributed by atoms with Crippen LogP contribution in [0.2, 0.25) is 0 Å². The SMILES string of the molecule is COC(=O)C=C(C)c1ccc(C[C@@H](C)NC[C@H](O)COc2ccccc2)cc1. The summed E-state index contributed by atoms with van der Waals surface area (Å²) in [6.45, 7) is 4.69. The number of para-hydroxylation sites is 1. The highest BCUT2D eigenvalue weighted by atomic mass is 16.5. The average molecular weight is 383 g/mol. The fraction of sp³-hybridized carbons (Fsp3) is 0.348. The molecule has 2 rings (SSSR count). The van der Waals surface area contributed by atoms with Crippen molar-refractivity contribution < 1.29 is 19.4 Å². The molecule has 0 aliphatic rings. The van der Waals surface area contributed by atoms with Crippen LogP contribution < -0.4 is 10.1 Å². The molecule has 0 bridgehead atoms. The second-order valence-electron chi connectivity index (χ2n) is 6.84. The van der Waals surface area contributed by atoms with Gasteiger partial charge in [0.05, 0.1) is 7.11 Å². The Morgan fingerprint density at radius 2 is 1.82 bits per heavy atom. The zero-order valence-corrected chi connectivity index (χ0v) is 16.7. The maximum absolute atomic E-state index is 11.3. The monoisotopic (exact) mass is 383 g/mol. The largest absolute Gasteiger partial charge is 0.491 e. The van der Waals surface area contributed by atoms with Crippen molar-refractivity contribution in [3.8, 4) is 5.75 Å². The van der Waals surface area contributed by atoms with Crippen LogP contribution in [-0.4, -0.2) is 43.5 Å². The standard InChI is InChI=1S/C23H29NO4/c1-17(13-23(26)27-3)20-11-9-19(10-12-20)14-18(2)24-15-21(25)16-28-22-7-5-4-6-8-22/h4-13,18,21,24-25H,14-16H2,1-3H3/t18-,21+/m1/s1. The molecule has 0 saturated heterocycles. The van der Waals surface area contributed by atoms with Crippen LogP contribution in [0.15, 0.2) is 60.7 Å². The quantitative estimate of drug-likeness (QED) is 0.487. The lowest BCUT2D eigenvalue weighted by Gasteiger charge is -2.18. The van der Waals surface area contributed by atoms with Crippen molar-refractivity contribution in [1.29, 1.82) is 0 Å². The van der Waals surface area contributed by atoms with E-state index in [1.165, 1.54) is 18.7 Å². The molecule has 0 aliphatic heterocycles. The molecule has 2 N–H and O–H groups in total. The van der Waals surface area contributed by atoms with Crippen LogP contribution >= 0.6 is 0 Å². The molecular formula is C23H29NO4. The summed E-state index contributed by atoms with van der Waals surface area (Å²) in [5, 5.41) is 13.4. The van der Waals surface area contributed by atoms with Crippen molar-refractivity contribution >= 4 is 11.5 Å². The third-order valence-electron chi connectivity index (χ3n) is 4.37. The third kappa shape index (κ3) is 7.55. The van der Waals surface area contributed by atoms with Gasteiger partial charge in [-0.25, -0.2) is 4.79 Å². The summed E-state index contributed by atoms with van der Waals surface area (Å²) in [6.07, 6.45) is 1.75. The first-order chi connectivity index (χ1) is 13.5. The maximum atomic E-state index is 11.3. The van der Waals surface area contributed by atoms with E-state index in [1.807, 2.05) is 49.4 Å². The van der Waals surface area contributed by atoms with E-state index in [9.17, 15) is 9.90 Å². The van der Waals surface area contributed by atoms with E-state index in [2.05, 4.69) is 29.1 Å². The lowest BCUT2D eigenvalue weighted by molar-refractivity contribution is -0.134. The van der Waals surface area contributed by atoms with Gasteiger partial charge in [-0.15, -0.1) is 0 Å². The first-order valence-corrected chi connectivity index (χ1v) is 9.42. The number of hydrogen-bond acceptors (Lipinski definition) is 5. The number of hydrogen-bond donors (Lipinski definition) is 2. The number of aliphatic hydroxyl groups excluding tert-OH is 1. The first-order valence-electron chi connectivity index (χ1n) is 9.42. The topological polar surface area (TPSA) is 67.8 Å². The molecule has 0 unspecified atom stereocenters. The van der Waals surface area contributed by atoms with Gasteiger partial charge in [0.2, 0.25) is 0 Å². The third-order valence-corrected chi connectivity index (χ3v) is 4.37. The minimum Gasteiger partial charge on any atom is -0.491 e. The maximum Gasteiger partial charge on any atom is 0.330 e. The van der Waals surface area contributed by atoms with Gasteiger partial charge in [0.15, 0.2) is 0 Å². The van der Waals surface area contributed by atoms with E-state index in [1.54, 1.807) is 0 Å². The van der Waals surface area contributed by atoms with Crippen molar-refractivity contribution in [1.82, 2.24) is 5.32 Å². The molecule has 28 heavy (non-hydrogen) atoms. The number of allylic oxidation sites excluding steroid dienone is 1. The summed E-state index contributed by atoms with van der Waals surface area (Å²) in [6, 6.07) is 17.8. The average Bonchev–Trinajstić information content (AvgIpc) is 2.71. The number of methoxy groups -OCH3 is 1. The summed E-state index contributed by atoms with van der Waals surface area (Å²) in [5.41, 5.74) is 3.04. The molecule has 5 nitrogen and oxygen atoms in total. The Kier molecular flexibility index (Phi) is 8.72. The molecule has 5 heteroatoms. The Morgan fingerprint density at radius 3 is 2.46 bits per heavy atom. The Bertz CT molecular complexity index is 756. The molecule has 0 radical (unpaired) electrons. The highest BCUT2D eigenvalue weighted by Crippen LogP contribution is 2.15. The summed E-state index contributed by atoms with van der Waals surface area (Å²) < 4.78 is 10.2. The Labute approximate surface area is 167 Å². The van der Waals surface area contributed by atoms with Gasteiger partial charge in [0.25, 0.3) is 0 Å². The number of esters is 1. The number of benzene rings is 2. The molecule has 0 amide bonds. The number of nitrogens with one attached hydrogen (secondary N) is 1. The van der Waals surface area contributed by atoms with Crippen LogP contribution in [0, 0.1) is 0 Å². The molecule has 0 aliphatic carbocycles. The second-order valence-corrected chi connectivity index (χ2v) is 6.84. The number of rotatable bonds is 10. The predicted molar refractivity (Wildman–Crippen MR) is 111 cm³/mol. The zero-order chi connectivity index (χ0) is 20.4. The Balaban J connectivity index is 1.75. The minimum atomic E-state index is -0.573. The normalized spacial score (nSPS) is 13.6. The van der Waals surface area contributed by atoms with Gasteiger partial charge in [-0.05, 0) is 49.1 Å². The summed E-state index contributed by atoms with van der Waals surface area (Å²) in [5.74, 6) is 0.403. The number of carbonyl (C=O) groups is 1. The van der Waals surface area contributed by atoms with Gasteiger partial charge in [-0.2, -0.15) is 0 Å². The van der Waals surface area contributed by atoms with Crippen molar-refractivity contribution in [3.05, 3.63) is 71.8 Å². The van der Waals surface area contributed by atoms with Crippen LogP contribution in [-0.2, 0) is 16.0 Å². The Morgan fingerprint density at radius 1 is 1.14 bits per heavy atom. The van der Waals surface area contributed by atoms with Crippen LogP contribution in [0.4, 0.5) is 0 Å². The summed E-state index contributed by atoms with van der Waals surface area (Å²) in [4.78, 5) is 11.3.